The average Bonchev–Trinajstić information content (AvgIpc) is 3.18. The molecule has 0 radical (unpaired) electrons. The first-order valence-corrected chi connectivity index (χ1v) is 9.71. The molecule has 2 aliphatic heterocycles. The lowest BCUT2D eigenvalue weighted by Gasteiger charge is -2.48. The van der Waals surface area contributed by atoms with Crippen molar-refractivity contribution in [3.63, 3.8) is 0 Å². The summed E-state index contributed by atoms with van der Waals surface area (Å²) in [5.41, 5.74) is 0.640. The summed E-state index contributed by atoms with van der Waals surface area (Å²) in [4.78, 5) is 21.9. The van der Waals surface area contributed by atoms with Crippen molar-refractivity contribution in [1.82, 2.24) is 14.8 Å². The van der Waals surface area contributed by atoms with Gasteiger partial charge in [-0.15, -0.1) is 0 Å². The smallest absolute Gasteiger partial charge is 0.257 e. The lowest BCUT2D eigenvalue weighted by molar-refractivity contribution is -0.00220. The number of halogens is 1. The predicted molar refractivity (Wildman–Crippen MR) is 105 cm³/mol. The summed E-state index contributed by atoms with van der Waals surface area (Å²) >= 11 is 0. The van der Waals surface area contributed by atoms with Crippen LogP contribution in [0.3, 0.4) is 0 Å². The Morgan fingerprint density at radius 3 is 2.89 bits per heavy atom. The minimum absolute atomic E-state index is 0.0889. The van der Waals surface area contributed by atoms with Crippen LogP contribution < -0.4 is 5.32 Å². The van der Waals surface area contributed by atoms with Gasteiger partial charge in [0.2, 0.25) is 0 Å². The van der Waals surface area contributed by atoms with Crippen LogP contribution in [-0.4, -0.2) is 65.6 Å². The van der Waals surface area contributed by atoms with E-state index in [-0.39, 0.29) is 17.3 Å². The number of hydrogen-bond donors (Lipinski definition) is 1. The molecule has 0 saturated carbocycles. The van der Waals surface area contributed by atoms with Crippen molar-refractivity contribution in [2.45, 2.75) is 18.9 Å². The highest BCUT2D eigenvalue weighted by Gasteiger charge is 2.45. The SMILES string of the molecule is CCN1CCN(C(=O)c2cccnc2Nc2ccccc2F)CC12CCOC2. The largest absolute Gasteiger partial charge is 0.379 e. The summed E-state index contributed by atoms with van der Waals surface area (Å²) in [6.07, 6.45) is 2.53. The van der Waals surface area contributed by atoms with Gasteiger partial charge in [0.15, 0.2) is 0 Å². The number of nitrogens with zero attached hydrogens (tertiary/aromatic N) is 3. The number of hydrogen-bond acceptors (Lipinski definition) is 5. The zero-order valence-corrected chi connectivity index (χ0v) is 16.0. The van der Waals surface area contributed by atoms with Crippen LogP contribution in [0.15, 0.2) is 42.6 Å². The maximum atomic E-state index is 14.0. The molecule has 0 bridgehead atoms. The standard InChI is InChI=1S/C21H25FN4O2/c1-2-26-12-11-25(14-21(26)9-13-28-15-21)20(27)16-6-5-10-23-19(16)24-18-8-4-3-7-17(18)22/h3-8,10H,2,9,11-15H2,1H3,(H,23,24). The molecule has 1 amide bonds. The van der Waals surface area contributed by atoms with Crippen molar-refractivity contribution in [3.05, 3.63) is 54.0 Å². The molecule has 6 nitrogen and oxygen atoms in total. The summed E-state index contributed by atoms with van der Waals surface area (Å²) in [5, 5.41) is 2.97. The molecule has 1 N–H and O–H groups in total. The molecule has 0 aliphatic carbocycles. The highest BCUT2D eigenvalue weighted by molar-refractivity contribution is 5.99. The van der Waals surface area contributed by atoms with E-state index in [4.69, 9.17) is 4.74 Å². The van der Waals surface area contributed by atoms with Gasteiger partial charge >= 0.3 is 0 Å². The number of benzene rings is 1. The minimum atomic E-state index is -0.384. The van der Waals surface area contributed by atoms with Gasteiger partial charge in [0.25, 0.3) is 5.91 Å². The Hall–Kier alpha value is -2.51. The van der Waals surface area contributed by atoms with Crippen molar-refractivity contribution in [1.29, 1.82) is 0 Å². The Labute approximate surface area is 164 Å². The van der Waals surface area contributed by atoms with Crippen LogP contribution in [0.5, 0.6) is 0 Å². The van der Waals surface area contributed by atoms with Gasteiger partial charge in [-0.25, -0.2) is 9.37 Å². The molecule has 2 fully saturated rings. The first kappa shape index (κ1) is 18.8. The van der Waals surface area contributed by atoms with Gasteiger partial charge in [-0.2, -0.15) is 0 Å². The predicted octanol–water partition coefficient (Wildman–Crippen LogP) is 2.90. The number of carbonyl (C=O) groups excluding carboxylic acids is 1. The second kappa shape index (κ2) is 7.85. The molecule has 1 aromatic carbocycles. The summed E-state index contributed by atoms with van der Waals surface area (Å²) in [7, 11) is 0. The van der Waals surface area contributed by atoms with Crippen molar-refractivity contribution in [2.75, 3.05) is 44.7 Å². The summed E-state index contributed by atoms with van der Waals surface area (Å²) in [6, 6.07) is 9.84. The van der Waals surface area contributed by atoms with Gasteiger partial charge in [0.1, 0.15) is 11.6 Å². The number of para-hydroxylation sites is 1. The van der Waals surface area contributed by atoms with Crippen molar-refractivity contribution < 1.29 is 13.9 Å². The fourth-order valence-electron chi connectivity index (χ4n) is 4.19. The maximum absolute atomic E-state index is 14.0. The van der Waals surface area contributed by atoms with Gasteiger partial charge in [-0.3, -0.25) is 9.69 Å². The number of nitrogens with one attached hydrogen (secondary N) is 1. The van der Waals surface area contributed by atoms with Crippen molar-refractivity contribution in [2.24, 2.45) is 0 Å². The Morgan fingerprint density at radius 1 is 1.29 bits per heavy atom. The zero-order chi connectivity index (χ0) is 19.6. The van der Waals surface area contributed by atoms with E-state index in [9.17, 15) is 9.18 Å². The van der Waals surface area contributed by atoms with E-state index in [0.717, 1.165) is 26.1 Å². The number of anilines is 2. The Morgan fingerprint density at radius 2 is 2.14 bits per heavy atom. The van der Waals surface area contributed by atoms with Crippen LogP contribution in [0.25, 0.3) is 0 Å². The van der Waals surface area contributed by atoms with Gasteiger partial charge in [0.05, 0.1) is 23.4 Å². The molecule has 2 aliphatic rings. The molecule has 4 rings (SSSR count). The van der Waals surface area contributed by atoms with Crippen molar-refractivity contribution in [3.8, 4) is 0 Å². The molecule has 148 valence electrons. The molecule has 28 heavy (non-hydrogen) atoms. The lowest BCUT2D eigenvalue weighted by Crippen LogP contribution is -2.63. The number of ether oxygens (including phenoxy) is 1. The number of pyridine rings is 1. The third kappa shape index (κ3) is 3.47. The third-order valence-electron chi connectivity index (χ3n) is 5.71. The van der Waals surface area contributed by atoms with Crippen LogP contribution in [-0.2, 0) is 4.74 Å². The third-order valence-corrected chi connectivity index (χ3v) is 5.71. The molecule has 7 heteroatoms. The van der Waals surface area contributed by atoms with E-state index in [2.05, 4.69) is 22.1 Å². The Kier molecular flexibility index (Phi) is 5.28. The molecule has 3 heterocycles. The van der Waals surface area contributed by atoms with Crippen LogP contribution in [0.4, 0.5) is 15.9 Å². The molecule has 1 spiro atoms. The fourth-order valence-corrected chi connectivity index (χ4v) is 4.19. The van der Waals surface area contributed by atoms with E-state index in [1.54, 1.807) is 36.5 Å². The van der Waals surface area contributed by atoms with Gasteiger partial charge < -0.3 is 15.0 Å². The van der Waals surface area contributed by atoms with E-state index in [1.807, 2.05) is 4.90 Å². The molecule has 1 aromatic heterocycles. The summed E-state index contributed by atoms with van der Waals surface area (Å²) < 4.78 is 19.7. The fraction of sp³-hybridized carbons (Fsp3) is 0.429. The number of likely N-dealkylation sites (N-methyl/N-ethyl adjacent to an activating group) is 1. The van der Waals surface area contributed by atoms with E-state index < -0.39 is 0 Å². The topological polar surface area (TPSA) is 57.7 Å². The second-order valence-corrected chi connectivity index (χ2v) is 7.34. The molecular weight excluding hydrogens is 359 g/mol. The second-order valence-electron chi connectivity index (χ2n) is 7.34. The summed E-state index contributed by atoms with van der Waals surface area (Å²) in [6.45, 7) is 6.58. The first-order chi connectivity index (χ1) is 13.6. The van der Waals surface area contributed by atoms with Gasteiger partial charge in [-0.1, -0.05) is 19.1 Å². The lowest BCUT2D eigenvalue weighted by atomic mass is 9.92. The van der Waals surface area contributed by atoms with Gasteiger partial charge in [-0.05, 0) is 37.2 Å². The molecule has 1 atom stereocenters. The van der Waals surface area contributed by atoms with Crippen LogP contribution in [0.1, 0.15) is 23.7 Å². The Bertz CT molecular complexity index is 854. The monoisotopic (exact) mass is 384 g/mol. The number of rotatable bonds is 4. The highest BCUT2D eigenvalue weighted by Crippen LogP contribution is 2.31. The average molecular weight is 384 g/mol. The number of amides is 1. The van der Waals surface area contributed by atoms with Crippen LogP contribution >= 0.6 is 0 Å². The van der Waals surface area contributed by atoms with Crippen molar-refractivity contribution >= 4 is 17.4 Å². The Balaban J connectivity index is 1.58. The molecule has 2 aromatic rings. The van der Waals surface area contributed by atoms with E-state index in [0.29, 0.717) is 36.8 Å². The highest BCUT2D eigenvalue weighted by atomic mass is 19.1. The van der Waals surface area contributed by atoms with Gasteiger partial charge in [0, 0.05) is 32.4 Å². The first-order valence-electron chi connectivity index (χ1n) is 9.71. The quantitative estimate of drug-likeness (QED) is 0.878. The number of aromatic nitrogens is 1. The normalized spacial score (nSPS) is 22.6. The number of carbonyl (C=O) groups is 1. The zero-order valence-electron chi connectivity index (χ0n) is 16.0. The maximum Gasteiger partial charge on any atom is 0.257 e. The van der Waals surface area contributed by atoms with Crippen LogP contribution in [0.2, 0.25) is 0 Å². The molecule has 2 saturated heterocycles. The van der Waals surface area contributed by atoms with Crippen LogP contribution in [0, 0.1) is 5.82 Å². The molecular formula is C21H25FN4O2. The summed E-state index contributed by atoms with van der Waals surface area (Å²) in [5.74, 6) is -0.105. The van der Waals surface area contributed by atoms with E-state index in [1.165, 1.54) is 6.07 Å². The molecule has 1 unspecified atom stereocenters. The van der Waals surface area contributed by atoms with E-state index >= 15 is 0 Å². The number of piperazine rings is 1. The minimum Gasteiger partial charge on any atom is -0.379 e.